The molecule has 1 amide bonds. The van der Waals surface area contributed by atoms with Crippen LogP contribution < -0.4 is 15.1 Å². The SMILES string of the molecule is O=C(Nc1ccc(N2CCN(c3c(F)c(F)c(F)c(F)c3F)CC2)cc1)c1ccc2ccccc2c1. The summed E-state index contributed by atoms with van der Waals surface area (Å²) >= 11 is 0. The van der Waals surface area contributed by atoms with E-state index >= 15 is 0 Å². The molecule has 1 aliphatic rings. The molecule has 0 aromatic heterocycles. The van der Waals surface area contributed by atoms with Crippen LogP contribution in [-0.2, 0) is 0 Å². The van der Waals surface area contributed by atoms with Gasteiger partial charge < -0.3 is 15.1 Å². The second-order valence-electron chi connectivity index (χ2n) is 8.46. The number of carbonyl (C=O) groups is 1. The normalized spacial score (nSPS) is 13.8. The van der Waals surface area contributed by atoms with Crippen LogP contribution >= 0.6 is 0 Å². The number of hydrogen-bond donors (Lipinski definition) is 1. The monoisotopic (exact) mass is 497 g/mol. The molecule has 4 aromatic carbocycles. The Labute approximate surface area is 203 Å². The summed E-state index contributed by atoms with van der Waals surface area (Å²) in [6, 6.07) is 20.3. The number of halogens is 5. The number of fused-ring (bicyclic) bond motifs is 1. The average Bonchev–Trinajstić information content (AvgIpc) is 2.91. The van der Waals surface area contributed by atoms with E-state index in [-0.39, 0.29) is 19.0 Å². The van der Waals surface area contributed by atoms with Crippen LogP contribution in [-0.4, -0.2) is 32.1 Å². The molecule has 1 heterocycles. The van der Waals surface area contributed by atoms with E-state index < -0.39 is 34.8 Å². The lowest BCUT2D eigenvalue weighted by Gasteiger charge is -2.37. The Balaban J connectivity index is 1.24. The Kier molecular flexibility index (Phi) is 6.22. The van der Waals surface area contributed by atoms with E-state index in [1.54, 1.807) is 30.3 Å². The number of amides is 1. The van der Waals surface area contributed by atoms with E-state index in [9.17, 15) is 26.7 Å². The highest BCUT2D eigenvalue weighted by molar-refractivity contribution is 6.06. The molecular weight excluding hydrogens is 477 g/mol. The summed E-state index contributed by atoms with van der Waals surface area (Å²) in [6.07, 6.45) is 0. The summed E-state index contributed by atoms with van der Waals surface area (Å²) in [5, 5.41) is 4.86. The number of carbonyl (C=O) groups excluding carboxylic acids is 1. The lowest BCUT2D eigenvalue weighted by Crippen LogP contribution is -2.47. The highest BCUT2D eigenvalue weighted by Gasteiger charge is 2.30. The molecule has 1 N–H and O–H groups in total. The van der Waals surface area contributed by atoms with Gasteiger partial charge in [0.15, 0.2) is 23.3 Å². The van der Waals surface area contributed by atoms with E-state index in [0.717, 1.165) is 21.4 Å². The van der Waals surface area contributed by atoms with E-state index in [1.807, 2.05) is 41.3 Å². The fourth-order valence-electron chi connectivity index (χ4n) is 4.35. The molecule has 1 fully saturated rings. The number of benzene rings is 4. The fourth-order valence-corrected chi connectivity index (χ4v) is 4.35. The first-order chi connectivity index (χ1) is 17.3. The van der Waals surface area contributed by atoms with Crippen molar-refractivity contribution in [3.8, 4) is 0 Å². The zero-order valence-corrected chi connectivity index (χ0v) is 18.9. The minimum Gasteiger partial charge on any atom is -0.368 e. The molecule has 184 valence electrons. The van der Waals surface area contributed by atoms with Gasteiger partial charge in [-0.15, -0.1) is 0 Å². The third-order valence-corrected chi connectivity index (χ3v) is 6.28. The van der Waals surface area contributed by atoms with Crippen LogP contribution in [0.5, 0.6) is 0 Å². The summed E-state index contributed by atoms with van der Waals surface area (Å²) in [4.78, 5) is 15.8. The Hall–Kier alpha value is -4.14. The zero-order valence-electron chi connectivity index (χ0n) is 18.9. The number of nitrogens with zero attached hydrogens (tertiary/aromatic N) is 2. The maximum atomic E-state index is 14.1. The molecule has 5 rings (SSSR count). The molecule has 36 heavy (non-hydrogen) atoms. The molecule has 0 spiro atoms. The third-order valence-electron chi connectivity index (χ3n) is 6.28. The van der Waals surface area contributed by atoms with Gasteiger partial charge >= 0.3 is 0 Å². The molecule has 0 unspecified atom stereocenters. The Bertz CT molecular complexity index is 1420. The van der Waals surface area contributed by atoms with E-state index in [2.05, 4.69) is 5.32 Å². The van der Waals surface area contributed by atoms with E-state index in [1.165, 1.54) is 0 Å². The molecule has 1 aliphatic heterocycles. The van der Waals surface area contributed by atoms with Gasteiger partial charge in [-0.1, -0.05) is 30.3 Å². The first-order valence-electron chi connectivity index (χ1n) is 11.2. The minimum atomic E-state index is -2.17. The van der Waals surface area contributed by atoms with Gasteiger partial charge in [-0.3, -0.25) is 4.79 Å². The summed E-state index contributed by atoms with van der Waals surface area (Å²) in [5.74, 6) is -9.97. The van der Waals surface area contributed by atoms with Gasteiger partial charge in [-0.2, -0.15) is 0 Å². The quantitative estimate of drug-likeness (QED) is 0.210. The highest BCUT2D eigenvalue weighted by atomic mass is 19.2. The molecule has 0 bridgehead atoms. The first-order valence-corrected chi connectivity index (χ1v) is 11.2. The molecule has 4 nitrogen and oxygen atoms in total. The van der Waals surface area contributed by atoms with E-state index in [0.29, 0.717) is 24.3 Å². The lowest BCUT2D eigenvalue weighted by molar-refractivity contribution is 0.102. The van der Waals surface area contributed by atoms with Crippen LogP contribution in [0, 0.1) is 29.1 Å². The van der Waals surface area contributed by atoms with Crippen LogP contribution in [0.2, 0.25) is 0 Å². The first kappa shape index (κ1) is 23.6. The fraction of sp³-hybridized carbons (Fsp3) is 0.148. The Morgan fingerprint density at radius 1 is 0.639 bits per heavy atom. The molecule has 1 saturated heterocycles. The smallest absolute Gasteiger partial charge is 0.255 e. The number of piperazine rings is 1. The van der Waals surface area contributed by atoms with Gasteiger partial charge in [0.1, 0.15) is 5.69 Å². The number of rotatable bonds is 4. The van der Waals surface area contributed by atoms with Crippen molar-refractivity contribution in [2.45, 2.75) is 0 Å². The zero-order chi connectivity index (χ0) is 25.4. The summed E-state index contributed by atoms with van der Waals surface area (Å²) in [5.41, 5.74) is 1.02. The van der Waals surface area contributed by atoms with Crippen molar-refractivity contribution in [3.63, 3.8) is 0 Å². The van der Waals surface area contributed by atoms with Gasteiger partial charge in [0, 0.05) is 43.1 Å². The van der Waals surface area contributed by atoms with Gasteiger partial charge in [0.25, 0.3) is 5.91 Å². The molecule has 4 aromatic rings. The summed E-state index contributed by atoms with van der Waals surface area (Å²) in [7, 11) is 0. The van der Waals surface area contributed by atoms with Crippen molar-refractivity contribution in [1.82, 2.24) is 0 Å². The molecule has 0 atom stereocenters. The lowest BCUT2D eigenvalue weighted by atomic mass is 10.1. The molecular formula is C27H20F5N3O. The molecule has 0 radical (unpaired) electrons. The van der Waals surface area contributed by atoms with Crippen molar-refractivity contribution >= 4 is 33.7 Å². The molecule has 0 aliphatic carbocycles. The predicted molar refractivity (Wildman–Crippen MR) is 129 cm³/mol. The van der Waals surface area contributed by atoms with Gasteiger partial charge in [-0.25, -0.2) is 22.0 Å². The van der Waals surface area contributed by atoms with Crippen LogP contribution in [0.1, 0.15) is 10.4 Å². The van der Waals surface area contributed by atoms with Crippen molar-refractivity contribution in [1.29, 1.82) is 0 Å². The number of hydrogen-bond acceptors (Lipinski definition) is 3. The van der Waals surface area contributed by atoms with Gasteiger partial charge in [-0.05, 0) is 47.2 Å². The summed E-state index contributed by atoms with van der Waals surface area (Å²) < 4.78 is 68.8. The van der Waals surface area contributed by atoms with Crippen LogP contribution in [0.4, 0.5) is 39.0 Å². The largest absolute Gasteiger partial charge is 0.368 e. The van der Waals surface area contributed by atoms with Crippen molar-refractivity contribution in [2.75, 3.05) is 41.3 Å². The second-order valence-corrected chi connectivity index (χ2v) is 8.46. The predicted octanol–water partition coefficient (Wildman–Crippen LogP) is 6.11. The standard InChI is InChI=1S/C27H20F5N3O/c28-21-22(29)24(31)26(25(32)23(21)30)35-13-11-34(12-14-35)20-9-7-19(8-10-20)33-27(36)18-6-5-16-3-1-2-4-17(16)15-18/h1-10,15H,11-14H2,(H,33,36). The van der Waals surface area contributed by atoms with Gasteiger partial charge in [0.05, 0.1) is 0 Å². The topological polar surface area (TPSA) is 35.6 Å². The minimum absolute atomic E-state index is 0.0683. The second kappa shape index (κ2) is 9.49. The molecule has 9 heteroatoms. The van der Waals surface area contributed by atoms with Crippen LogP contribution in [0.15, 0.2) is 66.7 Å². The Morgan fingerprint density at radius 3 is 1.83 bits per heavy atom. The highest BCUT2D eigenvalue weighted by Crippen LogP contribution is 2.31. The van der Waals surface area contributed by atoms with Crippen LogP contribution in [0.25, 0.3) is 10.8 Å². The Morgan fingerprint density at radius 2 is 1.19 bits per heavy atom. The van der Waals surface area contributed by atoms with E-state index in [4.69, 9.17) is 0 Å². The number of anilines is 3. The van der Waals surface area contributed by atoms with Gasteiger partial charge in [0.2, 0.25) is 5.82 Å². The number of nitrogens with one attached hydrogen (secondary N) is 1. The third kappa shape index (κ3) is 4.32. The average molecular weight is 497 g/mol. The van der Waals surface area contributed by atoms with Crippen LogP contribution in [0.3, 0.4) is 0 Å². The van der Waals surface area contributed by atoms with Crippen molar-refractivity contribution in [2.24, 2.45) is 0 Å². The summed E-state index contributed by atoms with van der Waals surface area (Å²) in [6.45, 7) is 0.752. The van der Waals surface area contributed by atoms with Crippen molar-refractivity contribution < 1.29 is 26.7 Å². The molecule has 0 saturated carbocycles. The van der Waals surface area contributed by atoms with Crippen molar-refractivity contribution in [3.05, 3.63) is 101 Å². The maximum absolute atomic E-state index is 14.1. The maximum Gasteiger partial charge on any atom is 0.255 e.